The van der Waals surface area contributed by atoms with E-state index in [1.807, 2.05) is 0 Å². The summed E-state index contributed by atoms with van der Waals surface area (Å²) in [4.78, 5) is 0. The first-order valence-corrected chi connectivity index (χ1v) is 7.14. The summed E-state index contributed by atoms with van der Waals surface area (Å²) >= 11 is 0. The van der Waals surface area contributed by atoms with Crippen molar-refractivity contribution in [2.45, 2.75) is 6.42 Å². The quantitative estimate of drug-likeness (QED) is 0.266. The molecule has 10 nitrogen and oxygen atoms in total. The second kappa shape index (κ2) is 8.28. The molecule has 0 radical (unpaired) electrons. The van der Waals surface area contributed by atoms with Gasteiger partial charge in [-0.3, -0.25) is 18.1 Å². The lowest BCUT2D eigenvalue weighted by Gasteiger charge is -2.13. The fraction of sp³-hybridized carbons (Fsp3) is 1.00. The van der Waals surface area contributed by atoms with E-state index < -0.39 is 15.6 Å². The summed E-state index contributed by atoms with van der Waals surface area (Å²) in [6.45, 7) is -0.359. The van der Waals surface area contributed by atoms with Gasteiger partial charge in [-0.2, -0.15) is 0 Å². The number of phosphoric ester groups is 2. The van der Waals surface area contributed by atoms with Gasteiger partial charge in [-0.1, -0.05) is 0 Å². The van der Waals surface area contributed by atoms with Gasteiger partial charge in [-0.25, -0.2) is 19.6 Å². The molecule has 0 aromatic heterocycles. The maximum atomic E-state index is 11.1. The van der Waals surface area contributed by atoms with Crippen LogP contribution in [0, 0.1) is 0 Å². The van der Waals surface area contributed by atoms with Gasteiger partial charge in [0.15, 0.2) is 0 Å². The minimum Gasteiger partial charge on any atom is -0.289 e. The largest absolute Gasteiger partial charge is 0.501 e. The van der Waals surface area contributed by atoms with Crippen molar-refractivity contribution in [3.05, 3.63) is 0 Å². The van der Waals surface area contributed by atoms with Crippen molar-refractivity contribution in [2.75, 3.05) is 27.4 Å². The lowest BCUT2D eigenvalue weighted by molar-refractivity contribution is -0.166. The van der Waals surface area contributed by atoms with Gasteiger partial charge in [-0.05, 0) is 6.42 Å². The maximum absolute atomic E-state index is 11.1. The smallest absolute Gasteiger partial charge is 0.289 e. The van der Waals surface area contributed by atoms with Crippen LogP contribution in [-0.2, 0) is 36.6 Å². The van der Waals surface area contributed by atoms with Gasteiger partial charge >= 0.3 is 15.6 Å². The molecule has 0 aromatic rings. The van der Waals surface area contributed by atoms with Gasteiger partial charge in [0.1, 0.15) is 0 Å². The highest BCUT2D eigenvalue weighted by Crippen LogP contribution is 2.48. The van der Waals surface area contributed by atoms with Crippen LogP contribution in [0.1, 0.15) is 6.42 Å². The molecule has 2 unspecified atom stereocenters. The van der Waals surface area contributed by atoms with Crippen molar-refractivity contribution in [3.63, 3.8) is 0 Å². The van der Waals surface area contributed by atoms with Crippen LogP contribution in [-0.4, -0.2) is 37.9 Å². The van der Waals surface area contributed by atoms with Gasteiger partial charge in [0, 0.05) is 14.2 Å². The van der Waals surface area contributed by atoms with Crippen molar-refractivity contribution >= 4 is 15.6 Å². The summed E-state index contributed by atoms with van der Waals surface area (Å²) < 4.78 is 46.9. The van der Waals surface area contributed by atoms with Crippen LogP contribution in [0.4, 0.5) is 0 Å². The van der Waals surface area contributed by atoms with E-state index in [2.05, 4.69) is 27.4 Å². The van der Waals surface area contributed by atoms with Crippen molar-refractivity contribution in [2.24, 2.45) is 0 Å². The van der Waals surface area contributed by atoms with Crippen LogP contribution in [0.2, 0.25) is 0 Å². The van der Waals surface area contributed by atoms with Gasteiger partial charge in [0.25, 0.3) is 0 Å². The zero-order valence-electron chi connectivity index (χ0n) is 9.18. The molecule has 0 bridgehead atoms. The summed E-state index contributed by atoms with van der Waals surface area (Å²) in [7, 11) is -5.87. The monoisotopic (exact) mass is 296 g/mol. The normalized spacial score (nSPS) is 18.6. The van der Waals surface area contributed by atoms with Gasteiger partial charge in [0.2, 0.25) is 0 Å². The SMILES string of the molecule is COP(=O)(OO)OCCCOP(=O)(OC)OO. The fourth-order valence-corrected chi connectivity index (χ4v) is 1.77. The molecular weight excluding hydrogens is 282 g/mol. The van der Waals surface area contributed by atoms with Crippen molar-refractivity contribution in [3.8, 4) is 0 Å². The highest BCUT2D eigenvalue weighted by atomic mass is 31.2. The summed E-state index contributed by atoms with van der Waals surface area (Å²) in [6, 6.07) is 0. The van der Waals surface area contributed by atoms with Gasteiger partial charge in [-0.15, -0.1) is 9.35 Å². The van der Waals surface area contributed by atoms with Gasteiger partial charge in [0.05, 0.1) is 13.2 Å². The predicted molar refractivity (Wildman–Crippen MR) is 53.2 cm³/mol. The van der Waals surface area contributed by atoms with Crippen LogP contribution in [0.15, 0.2) is 0 Å². The Morgan fingerprint density at radius 1 is 0.882 bits per heavy atom. The number of phosphoric acid groups is 2. The standard InChI is InChI=1S/C5H14O10P2/c1-10-16(8,14-6)12-4-3-5-13-17(9,11-2)15-7/h6-7H,3-5H2,1-2H3. The Bertz CT molecular complexity index is 248. The van der Waals surface area contributed by atoms with Crippen LogP contribution in [0.25, 0.3) is 0 Å². The molecule has 0 heterocycles. The molecule has 0 aliphatic carbocycles. The van der Waals surface area contributed by atoms with Crippen LogP contribution >= 0.6 is 15.6 Å². The third kappa shape index (κ3) is 6.58. The third-order valence-corrected chi connectivity index (χ3v) is 3.73. The maximum Gasteiger partial charge on any atom is 0.501 e. The molecule has 104 valence electrons. The minimum atomic E-state index is -3.96. The minimum absolute atomic E-state index is 0.105. The van der Waals surface area contributed by atoms with Gasteiger partial charge < -0.3 is 0 Å². The lowest BCUT2D eigenvalue weighted by Crippen LogP contribution is -2.02. The topological polar surface area (TPSA) is 130 Å². The second-order valence-electron chi connectivity index (χ2n) is 2.44. The average molecular weight is 296 g/mol. The molecule has 17 heavy (non-hydrogen) atoms. The van der Waals surface area contributed by atoms with E-state index in [1.165, 1.54) is 0 Å². The molecule has 0 aromatic carbocycles. The number of hydrogen-bond acceptors (Lipinski definition) is 10. The molecule has 0 rings (SSSR count). The molecule has 12 heteroatoms. The predicted octanol–water partition coefficient (Wildman–Crippen LogP) is 1.90. The second-order valence-corrected chi connectivity index (χ2v) is 5.81. The summed E-state index contributed by atoms with van der Waals surface area (Å²) in [5.74, 6) is 0. The molecule has 0 fully saturated rings. The first kappa shape index (κ1) is 17.1. The Labute approximate surface area is 97.4 Å². The van der Waals surface area contributed by atoms with Crippen LogP contribution < -0.4 is 0 Å². The Balaban J connectivity index is 3.80. The van der Waals surface area contributed by atoms with Crippen molar-refractivity contribution in [1.29, 1.82) is 0 Å². The fourth-order valence-electron chi connectivity index (χ4n) is 0.631. The summed E-state index contributed by atoms with van der Waals surface area (Å²) in [5, 5.41) is 16.4. The van der Waals surface area contributed by atoms with E-state index >= 15 is 0 Å². The molecule has 0 saturated heterocycles. The molecule has 0 aliphatic rings. The summed E-state index contributed by atoms with van der Waals surface area (Å²) in [5.41, 5.74) is 0. The van der Waals surface area contributed by atoms with Crippen LogP contribution in [0.3, 0.4) is 0 Å². The summed E-state index contributed by atoms with van der Waals surface area (Å²) in [6.07, 6.45) is 0.105. The van der Waals surface area contributed by atoms with E-state index in [0.717, 1.165) is 14.2 Å². The third-order valence-electron chi connectivity index (χ3n) is 1.43. The lowest BCUT2D eigenvalue weighted by atomic mass is 10.5. The molecule has 0 aliphatic heterocycles. The Hall–Kier alpha value is 0.140. The number of hydrogen-bond donors (Lipinski definition) is 2. The molecule has 2 atom stereocenters. The molecular formula is C5H14O10P2. The number of rotatable bonds is 10. The molecule has 0 spiro atoms. The van der Waals surface area contributed by atoms with E-state index in [1.54, 1.807) is 0 Å². The Morgan fingerprint density at radius 2 is 1.24 bits per heavy atom. The first-order chi connectivity index (χ1) is 7.95. The van der Waals surface area contributed by atoms with E-state index in [4.69, 9.17) is 10.5 Å². The van der Waals surface area contributed by atoms with Crippen LogP contribution in [0.5, 0.6) is 0 Å². The van der Waals surface area contributed by atoms with Crippen molar-refractivity contribution in [1.82, 2.24) is 0 Å². The van der Waals surface area contributed by atoms with E-state index in [9.17, 15) is 9.13 Å². The van der Waals surface area contributed by atoms with Crippen molar-refractivity contribution < 1.29 is 47.1 Å². The van der Waals surface area contributed by atoms with E-state index in [-0.39, 0.29) is 19.6 Å². The van der Waals surface area contributed by atoms with E-state index in [0.29, 0.717) is 0 Å². The Kier molecular flexibility index (Phi) is 8.35. The zero-order valence-corrected chi connectivity index (χ0v) is 11.0. The highest BCUT2D eigenvalue weighted by molar-refractivity contribution is 7.48. The zero-order chi connectivity index (χ0) is 13.4. The average Bonchev–Trinajstić information content (AvgIpc) is 2.37. The Morgan fingerprint density at radius 3 is 1.47 bits per heavy atom. The first-order valence-electron chi connectivity index (χ1n) is 4.22. The molecule has 0 amide bonds. The highest BCUT2D eigenvalue weighted by Gasteiger charge is 2.26. The molecule has 0 saturated carbocycles. The molecule has 2 N–H and O–H groups in total.